The molecule has 0 bridgehead atoms. The number of amides is 1. The number of hydrogen-bond donors (Lipinski definition) is 1. The average molecular weight is 403 g/mol. The molecule has 1 amide bonds. The zero-order valence-electron chi connectivity index (χ0n) is 14.8. The van der Waals surface area contributed by atoms with Gasteiger partial charge in [0, 0.05) is 6.54 Å². The third-order valence-electron chi connectivity index (χ3n) is 3.75. The number of benzene rings is 1. The van der Waals surface area contributed by atoms with Gasteiger partial charge in [-0.25, -0.2) is 8.42 Å². The molecule has 148 valence electrons. The van der Waals surface area contributed by atoms with Crippen molar-refractivity contribution in [2.75, 3.05) is 6.54 Å². The molecule has 0 atom stereocenters. The van der Waals surface area contributed by atoms with Gasteiger partial charge in [0.25, 0.3) is 5.91 Å². The van der Waals surface area contributed by atoms with Crippen LogP contribution in [0.25, 0.3) is 0 Å². The van der Waals surface area contributed by atoms with Crippen LogP contribution in [-0.2, 0) is 21.8 Å². The van der Waals surface area contributed by atoms with Crippen molar-refractivity contribution >= 4 is 15.7 Å². The number of carbonyl (C=O) groups excluding carboxylic acids is 1. The molecule has 0 aliphatic rings. The average Bonchev–Trinajstić information content (AvgIpc) is 3.01. The Hall–Kier alpha value is -2.29. The Balaban J connectivity index is 2.11. The van der Waals surface area contributed by atoms with Crippen LogP contribution in [0.2, 0.25) is 0 Å². The summed E-state index contributed by atoms with van der Waals surface area (Å²) in [5.74, 6) is -0.782. The molecule has 2 aromatic rings. The number of halogens is 3. The lowest BCUT2D eigenvalue weighted by Crippen LogP contribution is -2.24. The molecule has 1 heterocycles. The van der Waals surface area contributed by atoms with Crippen LogP contribution in [0.1, 0.15) is 42.1 Å². The Morgan fingerprint density at radius 3 is 2.52 bits per heavy atom. The Morgan fingerprint density at radius 1 is 1.19 bits per heavy atom. The monoisotopic (exact) mass is 403 g/mol. The molecule has 0 aliphatic heterocycles. The smallest absolute Gasteiger partial charge is 0.416 e. The highest BCUT2D eigenvalue weighted by atomic mass is 32.2. The summed E-state index contributed by atoms with van der Waals surface area (Å²) in [4.78, 5) is 11.5. The highest BCUT2D eigenvalue weighted by molar-refractivity contribution is 7.90. The van der Waals surface area contributed by atoms with E-state index in [1.165, 1.54) is 12.1 Å². The Kier molecular flexibility index (Phi) is 6.35. The van der Waals surface area contributed by atoms with Gasteiger partial charge in [-0.15, -0.1) is 0 Å². The standard InChI is InChI=1S/C18H20F3NO4S/c1-12(2)8-9-22-17(23)16-7-6-14(26-16)11-27(24,25)15-5-3-4-13(10-15)18(19,20)21/h3-7,10,12H,8-9,11H2,1-2H3,(H,22,23). The van der Waals surface area contributed by atoms with Crippen molar-refractivity contribution in [2.24, 2.45) is 5.92 Å². The minimum absolute atomic E-state index is 0.0265. The summed E-state index contributed by atoms with van der Waals surface area (Å²) < 4.78 is 68.3. The van der Waals surface area contributed by atoms with Gasteiger partial charge in [-0.05, 0) is 42.7 Å². The maximum absolute atomic E-state index is 12.8. The van der Waals surface area contributed by atoms with Gasteiger partial charge in [-0.1, -0.05) is 19.9 Å². The number of alkyl halides is 3. The van der Waals surface area contributed by atoms with Gasteiger partial charge in [0.2, 0.25) is 0 Å². The summed E-state index contributed by atoms with van der Waals surface area (Å²) in [5.41, 5.74) is -1.05. The van der Waals surface area contributed by atoms with E-state index < -0.39 is 38.1 Å². The molecule has 2 rings (SSSR count). The van der Waals surface area contributed by atoms with E-state index in [1.54, 1.807) is 0 Å². The summed E-state index contributed by atoms with van der Waals surface area (Å²) in [6.07, 6.45) is -3.86. The molecule has 0 aliphatic carbocycles. The molecule has 27 heavy (non-hydrogen) atoms. The molecule has 1 aromatic carbocycles. The van der Waals surface area contributed by atoms with Crippen molar-refractivity contribution in [3.05, 3.63) is 53.5 Å². The van der Waals surface area contributed by atoms with E-state index in [0.29, 0.717) is 18.5 Å². The fourth-order valence-corrected chi connectivity index (χ4v) is 3.56. The van der Waals surface area contributed by atoms with E-state index in [2.05, 4.69) is 5.32 Å². The predicted octanol–water partition coefficient (Wildman–Crippen LogP) is 4.05. The lowest BCUT2D eigenvalue weighted by Gasteiger charge is -2.09. The number of hydrogen-bond acceptors (Lipinski definition) is 4. The normalized spacial score (nSPS) is 12.4. The minimum Gasteiger partial charge on any atom is -0.455 e. The van der Waals surface area contributed by atoms with Crippen molar-refractivity contribution < 1.29 is 30.8 Å². The van der Waals surface area contributed by atoms with E-state index in [9.17, 15) is 26.4 Å². The van der Waals surface area contributed by atoms with Crippen LogP contribution in [0, 0.1) is 5.92 Å². The molecule has 1 aromatic heterocycles. The van der Waals surface area contributed by atoms with Crippen molar-refractivity contribution in [3.63, 3.8) is 0 Å². The van der Waals surface area contributed by atoms with E-state index in [0.717, 1.165) is 24.6 Å². The van der Waals surface area contributed by atoms with Gasteiger partial charge in [0.1, 0.15) is 11.5 Å². The summed E-state index contributed by atoms with van der Waals surface area (Å²) >= 11 is 0. The van der Waals surface area contributed by atoms with E-state index in [-0.39, 0.29) is 11.5 Å². The number of nitrogens with one attached hydrogen (secondary N) is 1. The first kappa shape index (κ1) is 21.0. The topological polar surface area (TPSA) is 76.4 Å². The van der Waals surface area contributed by atoms with Crippen LogP contribution < -0.4 is 5.32 Å². The minimum atomic E-state index is -4.64. The number of furan rings is 1. The van der Waals surface area contributed by atoms with Crippen LogP contribution in [-0.4, -0.2) is 20.9 Å². The van der Waals surface area contributed by atoms with E-state index in [1.807, 2.05) is 13.8 Å². The van der Waals surface area contributed by atoms with Crippen molar-refractivity contribution in [1.82, 2.24) is 5.32 Å². The molecular formula is C18H20F3NO4S. The number of rotatable bonds is 7. The number of sulfone groups is 1. The molecule has 0 radical (unpaired) electrons. The fraction of sp³-hybridized carbons (Fsp3) is 0.389. The molecule has 0 unspecified atom stereocenters. The van der Waals surface area contributed by atoms with Gasteiger partial charge in [-0.3, -0.25) is 4.79 Å². The first-order valence-electron chi connectivity index (χ1n) is 8.26. The lowest BCUT2D eigenvalue weighted by atomic mass is 10.1. The first-order valence-corrected chi connectivity index (χ1v) is 9.91. The van der Waals surface area contributed by atoms with Gasteiger partial charge >= 0.3 is 6.18 Å². The Morgan fingerprint density at radius 2 is 1.89 bits per heavy atom. The third-order valence-corrected chi connectivity index (χ3v) is 5.38. The summed E-state index contributed by atoms with van der Waals surface area (Å²) in [7, 11) is -4.06. The molecule has 0 saturated heterocycles. The summed E-state index contributed by atoms with van der Waals surface area (Å²) in [6, 6.07) is 6.16. The summed E-state index contributed by atoms with van der Waals surface area (Å²) in [6.45, 7) is 4.47. The Labute approximate surface area is 155 Å². The maximum Gasteiger partial charge on any atom is 0.416 e. The van der Waals surface area contributed by atoms with Crippen LogP contribution in [0.4, 0.5) is 13.2 Å². The largest absolute Gasteiger partial charge is 0.455 e. The lowest BCUT2D eigenvalue weighted by molar-refractivity contribution is -0.137. The first-order chi connectivity index (χ1) is 12.5. The van der Waals surface area contributed by atoms with Gasteiger partial charge in [0.05, 0.1) is 10.5 Å². The maximum atomic E-state index is 12.8. The molecule has 0 saturated carbocycles. The molecule has 9 heteroatoms. The zero-order chi connectivity index (χ0) is 20.2. The van der Waals surface area contributed by atoms with Crippen molar-refractivity contribution in [2.45, 2.75) is 37.1 Å². The quantitative estimate of drug-likeness (QED) is 0.757. The van der Waals surface area contributed by atoms with Gasteiger partial charge < -0.3 is 9.73 Å². The van der Waals surface area contributed by atoms with Crippen molar-refractivity contribution in [1.29, 1.82) is 0 Å². The fourth-order valence-electron chi connectivity index (χ4n) is 2.28. The van der Waals surface area contributed by atoms with Crippen LogP contribution >= 0.6 is 0 Å². The highest BCUT2D eigenvalue weighted by Gasteiger charge is 2.32. The zero-order valence-corrected chi connectivity index (χ0v) is 15.7. The van der Waals surface area contributed by atoms with E-state index in [4.69, 9.17) is 4.42 Å². The molecular weight excluding hydrogens is 383 g/mol. The number of carbonyl (C=O) groups is 1. The summed E-state index contributed by atoms with van der Waals surface area (Å²) in [5, 5.41) is 2.66. The Bertz CT molecular complexity index is 901. The molecule has 0 spiro atoms. The van der Waals surface area contributed by atoms with E-state index >= 15 is 0 Å². The second-order valence-electron chi connectivity index (χ2n) is 6.49. The molecule has 1 N–H and O–H groups in total. The van der Waals surface area contributed by atoms with Gasteiger partial charge in [0.15, 0.2) is 15.6 Å². The second kappa shape index (κ2) is 8.16. The SMILES string of the molecule is CC(C)CCNC(=O)c1ccc(CS(=O)(=O)c2cccc(C(F)(F)F)c2)o1. The van der Waals surface area contributed by atoms with Crippen LogP contribution in [0.15, 0.2) is 45.7 Å². The third kappa shape index (κ3) is 5.85. The van der Waals surface area contributed by atoms with Gasteiger partial charge in [-0.2, -0.15) is 13.2 Å². The molecule has 0 fully saturated rings. The van der Waals surface area contributed by atoms with Crippen LogP contribution in [0.5, 0.6) is 0 Å². The highest BCUT2D eigenvalue weighted by Crippen LogP contribution is 2.31. The van der Waals surface area contributed by atoms with Crippen molar-refractivity contribution in [3.8, 4) is 0 Å². The second-order valence-corrected chi connectivity index (χ2v) is 8.48. The molecule has 5 nitrogen and oxygen atoms in total. The van der Waals surface area contributed by atoms with Crippen LogP contribution in [0.3, 0.4) is 0 Å². The predicted molar refractivity (Wildman–Crippen MR) is 92.8 cm³/mol.